The maximum Gasteiger partial charge on any atom is 0.185 e. The van der Waals surface area contributed by atoms with Crippen molar-refractivity contribution in [1.29, 1.82) is 0 Å². The molecule has 3 heteroatoms. The van der Waals surface area contributed by atoms with E-state index in [1.54, 1.807) is 11.8 Å². The summed E-state index contributed by atoms with van der Waals surface area (Å²) in [6, 6.07) is 8.29. The van der Waals surface area contributed by atoms with Crippen molar-refractivity contribution in [3.63, 3.8) is 0 Å². The lowest BCUT2D eigenvalue weighted by molar-refractivity contribution is 0.164. The average molecular weight is 278 g/mol. The summed E-state index contributed by atoms with van der Waals surface area (Å²) in [5, 5.41) is 0. The van der Waals surface area contributed by atoms with Crippen molar-refractivity contribution in [2.24, 2.45) is 0 Å². The van der Waals surface area contributed by atoms with Crippen LogP contribution in [0.2, 0.25) is 19.6 Å². The van der Waals surface area contributed by atoms with Gasteiger partial charge in [0.15, 0.2) is 8.32 Å². The summed E-state index contributed by atoms with van der Waals surface area (Å²) in [4.78, 5) is 1.24. The van der Waals surface area contributed by atoms with Gasteiger partial charge in [-0.25, -0.2) is 0 Å². The highest BCUT2D eigenvalue weighted by molar-refractivity contribution is 7.98. The number of benzene rings is 1. The van der Waals surface area contributed by atoms with Gasteiger partial charge in [-0.3, -0.25) is 0 Å². The Labute approximate surface area is 116 Å². The van der Waals surface area contributed by atoms with Crippen LogP contribution in [-0.4, -0.2) is 20.2 Å². The van der Waals surface area contributed by atoms with Gasteiger partial charge < -0.3 is 4.43 Å². The van der Waals surface area contributed by atoms with Gasteiger partial charge in [-0.2, -0.15) is 0 Å². The Morgan fingerprint density at radius 1 is 1.22 bits per heavy atom. The van der Waals surface area contributed by atoms with Gasteiger partial charge in [0.25, 0.3) is 0 Å². The van der Waals surface area contributed by atoms with Gasteiger partial charge in [0, 0.05) is 10.5 Å². The van der Waals surface area contributed by atoms with Crippen LogP contribution in [0.15, 0.2) is 29.2 Å². The smallest absolute Gasteiger partial charge is 0.185 e. The minimum Gasteiger partial charge on any atom is -0.402 e. The van der Waals surface area contributed by atoms with Crippen molar-refractivity contribution in [1.82, 2.24) is 0 Å². The Morgan fingerprint density at radius 2 is 1.89 bits per heavy atom. The van der Waals surface area contributed by atoms with E-state index in [1.165, 1.54) is 4.90 Å². The molecule has 0 unspecified atom stereocenters. The zero-order valence-corrected chi connectivity index (χ0v) is 13.9. The first-order valence-electron chi connectivity index (χ1n) is 6.09. The number of hydrogen-bond acceptors (Lipinski definition) is 2. The summed E-state index contributed by atoms with van der Waals surface area (Å²) in [5.74, 6) is 6.45. The van der Waals surface area contributed by atoms with Crippen LogP contribution in [0.4, 0.5) is 0 Å². The van der Waals surface area contributed by atoms with Crippen LogP contribution in [0, 0.1) is 11.8 Å². The molecule has 0 radical (unpaired) electrons. The van der Waals surface area contributed by atoms with Gasteiger partial charge in [0.05, 0.1) is 0 Å². The lowest BCUT2D eigenvalue weighted by atomic mass is 10.1. The molecule has 0 saturated heterocycles. The van der Waals surface area contributed by atoms with Crippen molar-refractivity contribution < 1.29 is 4.43 Å². The van der Waals surface area contributed by atoms with E-state index in [0.29, 0.717) is 0 Å². The molecule has 0 amide bonds. The Balaban J connectivity index is 2.86. The van der Waals surface area contributed by atoms with E-state index in [2.05, 4.69) is 49.9 Å². The molecule has 1 aromatic carbocycles. The number of rotatable bonds is 3. The molecule has 1 rings (SSSR count). The predicted molar refractivity (Wildman–Crippen MR) is 83.6 cm³/mol. The Bertz CT molecular complexity index is 463. The van der Waals surface area contributed by atoms with Crippen LogP contribution in [0.1, 0.15) is 19.4 Å². The highest BCUT2D eigenvalue weighted by Gasteiger charge is 2.25. The molecule has 0 aliphatic carbocycles. The van der Waals surface area contributed by atoms with Crippen molar-refractivity contribution >= 4 is 20.1 Å². The zero-order valence-electron chi connectivity index (χ0n) is 12.1. The molecule has 0 N–H and O–H groups in total. The molecule has 1 aromatic rings. The summed E-state index contributed by atoms with van der Waals surface area (Å²) < 4.78 is 6.06. The van der Waals surface area contributed by atoms with E-state index in [4.69, 9.17) is 4.43 Å². The predicted octanol–water partition coefficient (Wildman–Crippen LogP) is 4.39. The average Bonchev–Trinajstić information content (AvgIpc) is 2.24. The highest BCUT2D eigenvalue weighted by atomic mass is 32.2. The van der Waals surface area contributed by atoms with E-state index in [0.717, 1.165) is 5.56 Å². The standard InChI is InChI=1S/C15H22OSSi/c1-15(2,16-18(4,5)6)11-10-13-8-7-9-14(12-13)17-3/h7-9,12H,1-6H3. The van der Waals surface area contributed by atoms with Crippen LogP contribution in [0.25, 0.3) is 0 Å². The molecule has 0 atom stereocenters. The van der Waals surface area contributed by atoms with Gasteiger partial charge in [0.1, 0.15) is 5.60 Å². The van der Waals surface area contributed by atoms with Crippen LogP contribution >= 0.6 is 11.8 Å². The minimum absolute atomic E-state index is 0.375. The van der Waals surface area contributed by atoms with Crippen molar-refractivity contribution in [2.75, 3.05) is 6.26 Å². The fourth-order valence-corrected chi connectivity index (χ4v) is 3.76. The molecule has 18 heavy (non-hydrogen) atoms. The van der Waals surface area contributed by atoms with Gasteiger partial charge in [-0.1, -0.05) is 17.9 Å². The maximum atomic E-state index is 6.06. The van der Waals surface area contributed by atoms with Gasteiger partial charge >= 0.3 is 0 Å². The minimum atomic E-state index is -1.56. The second-order valence-corrected chi connectivity index (χ2v) is 11.0. The van der Waals surface area contributed by atoms with Crippen LogP contribution < -0.4 is 0 Å². The largest absolute Gasteiger partial charge is 0.402 e. The van der Waals surface area contributed by atoms with Crippen molar-refractivity contribution in [2.45, 2.75) is 44.0 Å². The molecule has 0 aliphatic heterocycles. The molecule has 0 fully saturated rings. The van der Waals surface area contributed by atoms with Crippen LogP contribution in [0.3, 0.4) is 0 Å². The fraction of sp³-hybridized carbons (Fsp3) is 0.467. The Morgan fingerprint density at radius 3 is 2.44 bits per heavy atom. The fourth-order valence-electron chi connectivity index (χ4n) is 1.71. The molecule has 98 valence electrons. The third kappa shape index (κ3) is 5.77. The van der Waals surface area contributed by atoms with Crippen LogP contribution in [-0.2, 0) is 4.43 Å². The lowest BCUT2D eigenvalue weighted by Gasteiger charge is -2.28. The number of thioether (sulfide) groups is 1. The van der Waals surface area contributed by atoms with E-state index in [9.17, 15) is 0 Å². The third-order valence-corrected chi connectivity index (χ3v) is 3.99. The first-order chi connectivity index (χ1) is 8.22. The van der Waals surface area contributed by atoms with Gasteiger partial charge in [0.2, 0.25) is 0 Å². The molecule has 0 bridgehead atoms. The third-order valence-electron chi connectivity index (χ3n) is 2.14. The SMILES string of the molecule is CSc1cccc(C#CC(C)(C)O[Si](C)(C)C)c1. The summed E-state index contributed by atoms with van der Waals surface area (Å²) in [5.41, 5.74) is 0.675. The first kappa shape index (κ1) is 15.4. The van der Waals surface area contributed by atoms with E-state index < -0.39 is 8.32 Å². The molecule has 1 nitrogen and oxygen atoms in total. The summed E-state index contributed by atoms with van der Waals surface area (Å²) in [6.45, 7) is 10.6. The van der Waals surface area contributed by atoms with E-state index in [-0.39, 0.29) is 5.60 Å². The maximum absolute atomic E-state index is 6.06. The normalized spacial score (nSPS) is 11.9. The second-order valence-electron chi connectivity index (χ2n) is 5.71. The summed E-state index contributed by atoms with van der Waals surface area (Å²) >= 11 is 1.73. The van der Waals surface area contributed by atoms with Gasteiger partial charge in [-0.15, -0.1) is 11.8 Å². The topological polar surface area (TPSA) is 9.23 Å². The van der Waals surface area contributed by atoms with E-state index in [1.807, 2.05) is 26.0 Å². The van der Waals surface area contributed by atoms with Crippen LogP contribution in [0.5, 0.6) is 0 Å². The molecule has 0 spiro atoms. The van der Waals surface area contributed by atoms with Crippen molar-refractivity contribution in [3.8, 4) is 11.8 Å². The zero-order chi connectivity index (χ0) is 13.8. The monoisotopic (exact) mass is 278 g/mol. The molecule has 0 heterocycles. The molecule has 0 aromatic heterocycles. The Kier molecular flexibility index (Phi) is 5.09. The van der Waals surface area contributed by atoms with E-state index >= 15 is 0 Å². The van der Waals surface area contributed by atoms with Gasteiger partial charge in [-0.05, 0) is 57.9 Å². The molecular formula is C15H22OSSi. The molecule has 0 saturated carbocycles. The lowest BCUT2D eigenvalue weighted by Crippen LogP contribution is -2.37. The first-order valence-corrected chi connectivity index (χ1v) is 10.7. The Hall–Kier alpha value is -0.693. The van der Waals surface area contributed by atoms with Crippen molar-refractivity contribution in [3.05, 3.63) is 29.8 Å². The molecular weight excluding hydrogens is 256 g/mol. The second kappa shape index (κ2) is 5.97. The summed E-state index contributed by atoms with van der Waals surface area (Å²) in [7, 11) is -1.56. The quantitative estimate of drug-likeness (QED) is 0.461. The molecule has 0 aliphatic rings. The number of hydrogen-bond donors (Lipinski definition) is 0. The highest BCUT2D eigenvalue weighted by Crippen LogP contribution is 2.18. The summed E-state index contributed by atoms with van der Waals surface area (Å²) in [6.07, 6.45) is 2.07.